The van der Waals surface area contributed by atoms with E-state index in [1.807, 2.05) is 30.3 Å². The quantitative estimate of drug-likeness (QED) is 0.527. The van der Waals surface area contributed by atoms with Crippen LogP contribution in [0, 0.1) is 0 Å². The van der Waals surface area contributed by atoms with E-state index in [1.165, 1.54) is 5.56 Å². The largest absolute Gasteiger partial charge is 0.486 e. The van der Waals surface area contributed by atoms with Crippen LogP contribution in [0.3, 0.4) is 0 Å². The molecule has 1 N–H and O–H groups in total. The molecule has 1 amide bonds. The Kier molecular flexibility index (Phi) is 6.51. The Balaban J connectivity index is 1.18. The predicted molar refractivity (Wildman–Crippen MR) is 127 cm³/mol. The summed E-state index contributed by atoms with van der Waals surface area (Å²) in [6.07, 6.45) is 6.01. The minimum atomic E-state index is -0.153. The number of hydrogen-bond acceptors (Lipinski definition) is 6. The van der Waals surface area contributed by atoms with Gasteiger partial charge in [-0.2, -0.15) is 0 Å². The Hall–Kier alpha value is -3.74. The Labute approximate surface area is 199 Å². The molecule has 0 unspecified atom stereocenters. The molecule has 2 aromatic carbocycles. The maximum Gasteiger partial charge on any atom is 0.257 e. The highest BCUT2D eigenvalue weighted by molar-refractivity contribution is 5.77. The number of carbonyl (C=O) groups is 1. The first-order valence-electron chi connectivity index (χ1n) is 11.7. The summed E-state index contributed by atoms with van der Waals surface area (Å²) in [7, 11) is 0. The van der Waals surface area contributed by atoms with Gasteiger partial charge in [0.1, 0.15) is 24.7 Å². The lowest BCUT2D eigenvalue weighted by molar-refractivity contribution is -0.123. The number of benzene rings is 2. The van der Waals surface area contributed by atoms with Gasteiger partial charge in [-0.15, -0.1) is 0 Å². The summed E-state index contributed by atoms with van der Waals surface area (Å²) >= 11 is 0. The molecular weight excluding hydrogens is 432 g/mol. The Bertz CT molecular complexity index is 1130. The van der Waals surface area contributed by atoms with Crippen LogP contribution >= 0.6 is 0 Å². The summed E-state index contributed by atoms with van der Waals surface area (Å²) < 4.78 is 22.9. The van der Waals surface area contributed by atoms with E-state index in [0.717, 1.165) is 37.2 Å². The first-order chi connectivity index (χ1) is 16.7. The topological polar surface area (TPSA) is 78.9 Å². The molecule has 2 aliphatic rings. The molecule has 0 atom stereocenters. The second-order valence-electron chi connectivity index (χ2n) is 8.66. The molecule has 7 nitrogen and oxygen atoms in total. The summed E-state index contributed by atoms with van der Waals surface area (Å²) in [6, 6.07) is 18.8. The molecule has 0 spiro atoms. The van der Waals surface area contributed by atoms with Crippen molar-refractivity contribution in [3.05, 3.63) is 72.4 Å². The molecule has 3 aromatic rings. The van der Waals surface area contributed by atoms with E-state index >= 15 is 0 Å². The number of rotatable bonds is 8. The molecule has 1 fully saturated rings. The first kappa shape index (κ1) is 22.1. The molecule has 1 aromatic heterocycles. The van der Waals surface area contributed by atoms with E-state index in [9.17, 15) is 4.79 Å². The summed E-state index contributed by atoms with van der Waals surface area (Å²) in [5.41, 5.74) is 1.09. The van der Waals surface area contributed by atoms with Gasteiger partial charge in [0.05, 0.1) is 0 Å². The standard InChI is InChI=1S/C27H28N2O5/c30-25(18-33-21-6-5-7-22(17-21)34-26-8-1-4-13-28-26)29-19-27(11-2-3-12-27)20-9-10-23-24(16-20)32-15-14-31-23/h1,4-10,13,16-17H,2-3,11-12,14-15,18-19H2,(H,29,30). The second-order valence-corrected chi connectivity index (χ2v) is 8.66. The lowest BCUT2D eigenvalue weighted by Gasteiger charge is -2.31. The molecule has 0 radical (unpaired) electrons. The van der Waals surface area contributed by atoms with Crippen molar-refractivity contribution >= 4 is 5.91 Å². The molecular formula is C27H28N2O5. The van der Waals surface area contributed by atoms with Gasteiger partial charge in [0.2, 0.25) is 5.88 Å². The SMILES string of the molecule is O=C(COc1cccc(Oc2ccccn2)c1)NCC1(c2ccc3c(c2)OCCO3)CCCC1. The maximum atomic E-state index is 12.6. The van der Waals surface area contributed by atoms with Gasteiger partial charge >= 0.3 is 0 Å². The van der Waals surface area contributed by atoms with Gasteiger partial charge in [-0.25, -0.2) is 4.98 Å². The smallest absolute Gasteiger partial charge is 0.257 e. The highest BCUT2D eigenvalue weighted by Gasteiger charge is 2.36. The monoisotopic (exact) mass is 460 g/mol. The average Bonchev–Trinajstić information content (AvgIpc) is 3.37. The van der Waals surface area contributed by atoms with Crippen LogP contribution in [0.15, 0.2) is 66.9 Å². The van der Waals surface area contributed by atoms with Crippen LogP contribution in [0.25, 0.3) is 0 Å². The molecule has 5 rings (SSSR count). The zero-order valence-electron chi connectivity index (χ0n) is 19.0. The van der Waals surface area contributed by atoms with E-state index in [4.69, 9.17) is 18.9 Å². The zero-order chi connectivity index (χ0) is 23.2. The van der Waals surface area contributed by atoms with Gasteiger partial charge in [0, 0.05) is 30.3 Å². The fourth-order valence-corrected chi connectivity index (χ4v) is 4.62. The molecule has 1 saturated carbocycles. The average molecular weight is 461 g/mol. The minimum absolute atomic E-state index is 0.0652. The number of ether oxygens (including phenoxy) is 4. The van der Waals surface area contributed by atoms with Crippen molar-refractivity contribution in [2.45, 2.75) is 31.1 Å². The maximum absolute atomic E-state index is 12.6. The van der Waals surface area contributed by atoms with Crippen molar-refractivity contribution < 1.29 is 23.7 Å². The fourth-order valence-electron chi connectivity index (χ4n) is 4.62. The van der Waals surface area contributed by atoms with Crippen LogP contribution in [0.4, 0.5) is 0 Å². The zero-order valence-corrected chi connectivity index (χ0v) is 19.0. The minimum Gasteiger partial charge on any atom is -0.486 e. The van der Waals surface area contributed by atoms with Crippen LogP contribution < -0.4 is 24.3 Å². The molecule has 34 heavy (non-hydrogen) atoms. The number of amides is 1. The molecule has 0 bridgehead atoms. The number of nitrogens with zero attached hydrogens (tertiary/aromatic N) is 1. The van der Waals surface area contributed by atoms with Crippen molar-refractivity contribution in [2.75, 3.05) is 26.4 Å². The van der Waals surface area contributed by atoms with Crippen LogP contribution in [-0.4, -0.2) is 37.3 Å². The lowest BCUT2D eigenvalue weighted by Crippen LogP contribution is -2.41. The number of pyridine rings is 1. The molecule has 0 saturated heterocycles. The number of carbonyl (C=O) groups excluding carboxylic acids is 1. The highest BCUT2D eigenvalue weighted by atomic mass is 16.6. The number of aromatic nitrogens is 1. The molecule has 2 heterocycles. The molecule has 7 heteroatoms. The van der Waals surface area contributed by atoms with Gasteiger partial charge in [0.15, 0.2) is 18.1 Å². The van der Waals surface area contributed by atoms with E-state index in [-0.39, 0.29) is 17.9 Å². The van der Waals surface area contributed by atoms with Crippen molar-refractivity contribution in [1.82, 2.24) is 10.3 Å². The van der Waals surface area contributed by atoms with Crippen molar-refractivity contribution in [3.63, 3.8) is 0 Å². The Morgan fingerprint density at radius 2 is 1.76 bits per heavy atom. The lowest BCUT2D eigenvalue weighted by atomic mass is 9.78. The molecule has 1 aliphatic carbocycles. The molecule has 1 aliphatic heterocycles. The predicted octanol–water partition coefficient (Wildman–Crippen LogP) is 4.65. The van der Waals surface area contributed by atoms with Gasteiger partial charge in [-0.05, 0) is 48.7 Å². The summed E-state index contributed by atoms with van der Waals surface area (Å²) in [5.74, 6) is 3.08. The molecule has 176 valence electrons. The third kappa shape index (κ3) is 5.09. The Morgan fingerprint density at radius 3 is 2.59 bits per heavy atom. The fraction of sp³-hybridized carbons (Fsp3) is 0.333. The summed E-state index contributed by atoms with van der Waals surface area (Å²) in [4.78, 5) is 16.8. The van der Waals surface area contributed by atoms with Crippen molar-refractivity contribution in [2.24, 2.45) is 0 Å². The summed E-state index contributed by atoms with van der Waals surface area (Å²) in [5, 5.41) is 3.09. The van der Waals surface area contributed by atoms with Gasteiger partial charge < -0.3 is 24.3 Å². The third-order valence-electron chi connectivity index (χ3n) is 6.37. The van der Waals surface area contributed by atoms with Gasteiger partial charge in [-0.1, -0.05) is 31.0 Å². The summed E-state index contributed by atoms with van der Waals surface area (Å²) in [6.45, 7) is 1.64. The van der Waals surface area contributed by atoms with E-state index < -0.39 is 0 Å². The second kappa shape index (κ2) is 10.0. The van der Waals surface area contributed by atoms with Gasteiger partial charge in [0.25, 0.3) is 5.91 Å². The number of nitrogens with one attached hydrogen (secondary N) is 1. The normalized spacial score (nSPS) is 16.0. The third-order valence-corrected chi connectivity index (χ3v) is 6.37. The van der Waals surface area contributed by atoms with Crippen LogP contribution in [0.5, 0.6) is 28.9 Å². The highest BCUT2D eigenvalue weighted by Crippen LogP contribution is 2.43. The van der Waals surface area contributed by atoms with E-state index in [2.05, 4.69) is 22.4 Å². The number of fused-ring (bicyclic) bond motifs is 1. The first-order valence-corrected chi connectivity index (χ1v) is 11.7. The van der Waals surface area contributed by atoms with Crippen LogP contribution in [0.1, 0.15) is 31.2 Å². The van der Waals surface area contributed by atoms with Crippen LogP contribution in [-0.2, 0) is 10.2 Å². The Morgan fingerprint density at radius 1 is 0.941 bits per heavy atom. The van der Waals surface area contributed by atoms with Crippen molar-refractivity contribution in [1.29, 1.82) is 0 Å². The van der Waals surface area contributed by atoms with Crippen molar-refractivity contribution in [3.8, 4) is 28.9 Å². The van der Waals surface area contributed by atoms with E-state index in [1.54, 1.807) is 24.4 Å². The van der Waals surface area contributed by atoms with Gasteiger partial charge in [-0.3, -0.25) is 4.79 Å². The van der Waals surface area contributed by atoms with Crippen LogP contribution in [0.2, 0.25) is 0 Å². The van der Waals surface area contributed by atoms with E-state index in [0.29, 0.717) is 37.1 Å². The number of hydrogen-bond donors (Lipinski definition) is 1.